The quantitative estimate of drug-likeness (QED) is 0.400. The lowest BCUT2D eigenvalue weighted by Gasteiger charge is -2.37. The highest BCUT2D eigenvalue weighted by molar-refractivity contribution is 7.92. The van der Waals surface area contributed by atoms with Gasteiger partial charge in [0.15, 0.2) is 0 Å². The first kappa shape index (κ1) is 23.3. The van der Waals surface area contributed by atoms with Gasteiger partial charge in [0, 0.05) is 11.3 Å². The Bertz CT molecular complexity index is 1400. The lowest BCUT2D eigenvalue weighted by atomic mass is 9.64. The van der Waals surface area contributed by atoms with Crippen LogP contribution in [0.15, 0.2) is 71.6 Å². The average Bonchev–Trinajstić information content (AvgIpc) is 3.15. The lowest BCUT2D eigenvalue weighted by molar-refractivity contribution is -0.123. The number of benzene rings is 3. The van der Waals surface area contributed by atoms with Gasteiger partial charge in [0.25, 0.3) is 10.0 Å². The predicted octanol–water partition coefficient (Wildman–Crippen LogP) is 3.10. The molecule has 0 aromatic heterocycles. The second kappa shape index (κ2) is 8.37. The SMILES string of the molecule is COc1ccccc1S(=O)(=O)Nc1cc2c(c(C(O)(CO)c3ccccc3)c1)NC(=O)C21CCC1. The Morgan fingerprint density at radius 2 is 1.77 bits per heavy atom. The first-order chi connectivity index (χ1) is 16.7. The Morgan fingerprint density at radius 3 is 2.40 bits per heavy atom. The van der Waals surface area contributed by atoms with Crippen LogP contribution in [0.3, 0.4) is 0 Å². The number of aliphatic hydroxyl groups is 2. The number of rotatable bonds is 7. The van der Waals surface area contributed by atoms with E-state index < -0.39 is 27.6 Å². The lowest BCUT2D eigenvalue weighted by Crippen LogP contribution is -2.40. The first-order valence-corrected chi connectivity index (χ1v) is 12.8. The van der Waals surface area contributed by atoms with E-state index in [1.165, 1.54) is 19.2 Å². The molecule has 1 fully saturated rings. The maximum Gasteiger partial charge on any atom is 0.265 e. The van der Waals surface area contributed by atoms with E-state index in [1.807, 2.05) is 0 Å². The first-order valence-electron chi connectivity index (χ1n) is 11.3. The number of para-hydroxylation sites is 1. The molecule has 1 unspecified atom stereocenters. The maximum atomic E-state index is 13.3. The summed E-state index contributed by atoms with van der Waals surface area (Å²) < 4.78 is 34.4. The molecule has 35 heavy (non-hydrogen) atoms. The van der Waals surface area contributed by atoms with Gasteiger partial charge >= 0.3 is 0 Å². The molecule has 5 rings (SSSR count). The number of methoxy groups -OCH3 is 1. The van der Waals surface area contributed by atoms with Gasteiger partial charge in [0.05, 0.1) is 24.8 Å². The molecule has 9 heteroatoms. The number of nitrogens with one attached hydrogen (secondary N) is 2. The third-order valence-corrected chi connectivity index (χ3v) is 8.49. The van der Waals surface area contributed by atoms with Crippen LogP contribution in [0.1, 0.15) is 36.0 Å². The number of ether oxygens (including phenoxy) is 1. The summed E-state index contributed by atoms with van der Waals surface area (Å²) in [7, 11) is -2.68. The Balaban J connectivity index is 1.69. The molecule has 1 aliphatic carbocycles. The monoisotopic (exact) mass is 494 g/mol. The highest BCUT2D eigenvalue weighted by Gasteiger charge is 2.53. The molecule has 3 aromatic carbocycles. The molecular formula is C26H26N2O6S. The second-order valence-corrected chi connectivity index (χ2v) is 10.6. The van der Waals surface area contributed by atoms with E-state index in [0.717, 1.165) is 6.42 Å². The number of aliphatic hydroxyl groups excluding tert-OH is 1. The number of carbonyl (C=O) groups excluding carboxylic acids is 1. The normalized spacial score (nSPS) is 17.7. The van der Waals surface area contributed by atoms with E-state index in [9.17, 15) is 23.4 Å². The zero-order valence-electron chi connectivity index (χ0n) is 19.1. The van der Waals surface area contributed by atoms with Gasteiger partial charge in [0.1, 0.15) is 16.2 Å². The second-order valence-electron chi connectivity index (χ2n) is 8.98. The standard InChI is InChI=1S/C26H26N2O6S/c1-34-21-10-5-6-11-22(21)35(32,33)28-18-14-19-23(27-24(30)25(19)12-7-13-25)20(15-18)26(31,16-29)17-8-3-2-4-9-17/h2-6,8-11,14-15,28-29,31H,7,12-13,16H2,1H3,(H,27,30). The summed E-state index contributed by atoms with van der Waals surface area (Å²) in [5.41, 5.74) is -0.808. The summed E-state index contributed by atoms with van der Waals surface area (Å²) >= 11 is 0. The number of carbonyl (C=O) groups is 1. The maximum absolute atomic E-state index is 13.3. The molecule has 1 amide bonds. The van der Waals surface area contributed by atoms with Crippen molar-refractivity contribution in [2.75, 3.05) is 23.8 Å². The van der Waals surface area contributed by atoms with E-state index in [2.05, 4.69) is 10.0 Å². The molecule has 0 saturated heterocycles. The predicted molar refractivity (Wildman–Crippen MR) is 131 cm³/mol. The van der Waals surface area contributed by atoms with Crippen molar-refractivity contribution in [3.05, 3.63) is 83.4 Å². The van der Waals surface area contributed by atoms with E-state index >= 15 is 0 Å². The highest BCUT2D eigenvalue weighted by atomic mass is 32.2. The molecule has 3 aromatic rings. The molecule has 2 aliphatic rings. The van der Waals surface area contributed by atoms with Crippen LogP contribution in [0.5, 0.6) is 5.75 Å². The van der Waals surface area contributed by atoms with Crippen LogP contribution in [0.4, 0.5) is 11.4 Å². The van der Waals surface area contributed by atoms with E-state index in [-0.39, 0.29) is 27.8 Å². The summed E-state index contributed by atoms with van der Waals surface area (Å²) in [4.78, 5) is 13.0. The van der Waals surface area contributed by atoms with E-state index in [1.54, 1.807) is 54.6 Å². The van der Waals surface area contributed by atoms with Gasteiger partial charge in [-0.1, -0.05) is 48.9 Å². The molecule has 4 N–H and O–H groups in total. The number of hydrogen-bond donors (Lipinski definition) is 4. The molecule has 0 radical (unpaired) electrons. The summed E-state index contributed by atoms with van der Waals surface area (Å²) in [6.45, 7) is -0.672. The van der Waals surface area contributed by atoms with Crippen LogP contribution in [0.25, 0.3) is 0 Å². The van der Waals surface area contributed by atoms with Crippen molar-refractivity contribution in [1.82, 2.24) is 0 Å². The molecule has 1 atom stereocenters. The summed E-state index contributed by atoms with van der Waals surface area (Å²) in [5, 5.41) is 24.9. The van der Waals surface area contributed by atoms with Crippen LogP contribution >= 0.6 is 0 Å². The van der Waals surface area contributed by atoms with Gasteiger partial charge in [-0.15, -0.1) is 0 Å². The van der Waals surface area contributed by atoms with Crippen molar-refractivity contribution in [3.63, 3.8) is 0 Å². The molecular weight excluding hydrogens is 468 g/mol. The zero-order chi connectivity index (χ0) is 24.8. The zero-order valence-corrected chi connectivity index (χ0v) is 19.9. The fourth-order valence-corrected chi connectivity index (χ4v) is 6.23. The van der Waals surface area contributed by atoms with Gasteiger partial charge in [-0.25, -0.2) is 8.42 Å². The topological polar surface area (TPSA) is 125 Å². The van der Waals surface area contributed by atoms with Gasteiger partial charge < -0.3 is 20.3 Å². The van der Waals surface area contributed by atoms with Crippen LogP contribution < -0.4 is 14.8 Å². The number of sulfonamides is 1. The van der Waals surface area contributed by atoms with Crippen LogP contribution in [0, 0.1) is 0 Å². The summed E-state index contributed by atoms with van der Waals surface area (Å²) in [6, 6.07) is 18.0. The van der Waals surface area contributed by atoms with Crippen molar-refractivity contribution in [2.24, 2.45) is 0 Å². The third-order valence-electron chi connectivity index (χ3n) is 7.07. The van der Waals surface area contributed by atoms with E-state index in [0.29, 0.717) is 29.7 Å². The third kappa shape index (κ3) is 3.58. The Labute approximate surface area is 203 Å². The molecule has 1 spiro atoms. The minimum absolute atomic E-state index is 0.0439. The van der Waals surface area contributed by atoms with Crippen LogP contribution in [0.2, 0.25) is 0 Å². The minimum atomic E-state index is -4.07. The van der Waals surface area contributed by atoms with Gasteiger partial charge in [-0.05, 0) is 48.2 Å². The molecule has 0 bridgehead atoms. The Morgan fingerprint density at radius 1 is 1.09 bits per heavy atom. The highest BCUT2D eigenvalue weighted by Crippen LogP contribution is 2.54. The molecule has 1 saturated carbocycles. The molecule has 1 aliphatic heterocycles. The minimum Gasteiger partial charge on any atom is -0.495 e. The van der Waals surface area contributed by atoms with Crippen molar-refractivity contribution < 1.29 is 28.2 Å². The van der Waals surface area contributed by atoms with Gasteiger partial charge in [0.2, 0.25) is 5.91 Å². The van der Waals surface area contributed by atoms with Gasteiger partial charge in [-0.2, -0.15) is 0 Å². The van der Waals surface area contributed by atoms with Crippen LogP contribution in [-0.4, -0.2) is 38.3 Å². The van der Waals surface area contributed by atoms with Crippen molar-refractivity contribution in [3.8, 4) is 5.75 Å². The number of anilines is 2. The number of hydrogen-bond acceptors (Lipinski definition) is 6. The summed E-state index contributed by atoms with van der Waals surface area (Å²) in [6.07, 6.45) is 2.11. The fraction of sp³-hybridized carbons (Fsp3) is 0.269. The van der Waals surface area contributed by atoms with Crippen molar-refractivity contribution >= 4 is 27.3 Å². The van der Waals surface area contributed by atoms with Crippen molar-refractivity contribution in [2.45, 2.75) is 35.2 Å². The smallest absolute Gasteiger partial charge is 0.265 e. The van der Waals surface area contributed by atoms with Gasteiger partial charge in [-0.3, -0.25) is 9.52 Å². The Hall–Kier alpha value is -3.40. The van der Waals surface area contributed by atoms with E-state index in [4.69, 9.17) is 4.74 Å². The molecule has 8 nitrogen and oxygen atoms in total. The van der Waals surface area contributed by atoms with Crippen LogP contribution in [-0.2, 0) is 25.8 Å². The molecule has 1 heterocycles. The largest absolute Gasteiger partial charge is 0.495 e. The fourth-order valence-electron chi connectivity index (χ4n) is 5.02. The number of amides is 1. The summed E-state index contributed by atoms with van der Waals surface area (Å²) in [5.74, 6) is 0.00271. The van der Waals surface area contributed by atoms with Crippen molar-refractivity contribution in [1.29, 1.82) is 0 Å². The Kier molecular flexibility index (Phi) is 5.58. The number of fused-ring (bicyclic) bond motifs is 2. The average molecular weight is 495 g/mol. The molecule has 182 valence electrons.